The standard InChI is InChI=1S/C33H30FIN4O6S/c1-5-45-27(40)18-46-24-8-6-7-22(16-24)36-29-19(2)31(41)37(3)30-28(29)32(42)38(17-20-9-12-23(44-4)13-10-20)33(43)39(30)26-14-11-21(35)15-25(26)34/h6-16,36H,5,17-18H2,1-4H3. The number of nitrogens with zero attached hydrogens (tertiary/aromatic N) is 3. The van der Waals surface area contributed by atoms with E-state index in [9.17, 15) is 19.2 Å². The third-order valence-corrected chi connectivity index (χ3v) is 8.94. The molecular weight excluding hydrogens is 726 g/mol. The fourth-order valence-electron chi connectivity index (χ4n) is 5.06. The zero-order chi connectivity index (χ0) is 33.1. The number of anilines is 2. The molecule has 0 atom stereocenters. The molecule has 0 bridgehead atoms. The van der Waals surface area contributed by atoms with Crippen LogP contribution in [0.25, 0.3) is 16.7 Å². The molecule has 10 nitrogen and oxygen atoms in total. The zero-order valence-electron chi connectivity index (χ0n) is 25.4. The van der Waals surface area contributed by atoms with Gasteiger partial charge in [-0.15, -0.1) is 11.8 Å². The summed E-state index contributed by atoms with van der Waals surface area (Å²) in [5, 5.41) is 3.25. The van der Waals surface area contributed by atoms with Crippen molar-refractivity contribution in [3.05, 3.63) is 118 Å². The number of benzene rings is 3. The van der Waals surface area contributed by atoms with Crippen molar-refractivity contribution in [3.8, 4) is 11.4 Å². The summed E-state index contributed by atoms with van der Waals surface area (Å²) in [6.45, 7) is 3.48. The molecule has 0 amide bonds. The first-order valence-corrected chi connectivity index (χ1v) is 16.2. The summed E-state index contributed by atoms with van der Waals surface area (Å²) in [5.74, 6) is -0.335. The molecule has 0 aliphatic rings. The highest BCUT2D eigenvalue weighted by molar-refractivity contribution is 14.1. The van der Waals surface area contributed by atoms with Crippen LogP contribution in [0.15, 0.2) is 86.0 Å². The van der Waals surface area contributed by atoms with E-state index >= 15 is 4.39 Å². The Balaban J connectivity index is 1.77. The molecule has 238 valence electrons. The largest absolute Gasteiger partial charge is 0.497 e. The third-order valence-electron chi connectivity index (χ3n) is 7.30. The van der Waals surface area contributed by atoms with Crippen LogP contribution in [0.2, 0.25) is 0 Å². The first-order valence-electron chi connectivity index (χ1n) is 14.2. The van der Waals surface area contributed by atoms with Gasteiger partial charge in [0.1, 0.15) is 22.6 Å². The smallest absolute Gasteiger partial charge is 0.337 e. The van der Waals surface area contributed by atoms with Crippen molar-refractivity contribution in [1.29, 1.82) is 0 Å². The SMILES string of the molecule is CCOC(=O)CSc1cccc(Nc2c(C)c(=O)n(C)c3c2c(=O)n(Cc2ccc(OC)cc2)c(=O)n3-c2ccc(I)cc2F)c1. The molecule has 1 N–H and O–H groups in total. The molecule has 0 unspecified atom stereocenters. The number of aryl methyl sites for hydroxylation is 1. The number of ether oxygens (including phenoxy) is 2. The van der Waals surface area contributed by atoms with Gasteiger partial charge in [0.25, 0.3) is 11.1 Å². The molecule has 5 aromatic rings. The van der Waals surface area contributed by atoms with E-state index in [1.165, 1.54) is 42.6 Å². The average molecular weight is 757 g/mol. The molecule has 0 saturated carbocycles. The van der Waals surface area contributed by atoms with Crippen molar-refractivity contribution in [2.24, 2.45) is 7.05 Å². The number of carbonyl (C=O) groups excluding carboxylic acids is 1. The lowest BCUT2D eigenvalue weighted by Crippen LogP contribution is -2.42. The van der Waals surface area contributed by atoms with Crippen molar-refractivity contribution in [3.63, 3.8) is 0 Å². The third kappa shape index (κ3) is 6.60. The minimum absolute atomic E-state index is 0.0234. The predicted molar refractivity (Wildman–Crippen MR) is 186 cm³/mol. The monoisotopic (exact) mass is 756 g/mol. The first kappa shape index (κ1) is 33.0. The van der Waals surface area contributed by atoms with Crippen LogP contribution in [-0.2, 0) is 23.1 Å². The number of halogens is 2. The molecule has 0 radical (unpaired) electrons. The maximum absolute atomic E-state index is 15.6. The van der Waals surface area contributed by atoms with Crippen LogP contribution in [-0.4, -0.2) is 39.1 Å². The second-order valence-electron chi connectivity index (χ2n) is 10.3. The second kappa shape index (κ2) is 14.0. The van der Waals surface area contributed by atoms with Gasteiger partial charge in [0, 0.05) is 26.8 Å². The van der Waals surface area contributed by atoms with Crippen molar-refractivity contribution in [1.82, 2.24) is 13.7 Å². The Morgan fingerprint density at radius 1 is 1.02 bits per heavy atom. The molecular formula is C33H30FIN4O6S. The van der Waals surface area contributed by atoms with E-state index in [1.807, 2.05) is 28.7 Å². The predicted octanol–water partition coefficient (Wildman–Crippen LogP) is 5.36. The normalized spacial score (nSPS) is 11.1. The van der Waals surface area contributed by atoms with Crippen molar-refractivity contribution >= 4 is 62.7 Å². The molecule has 0 aliphatic carbocycles. The molecule has 0 saturated heterocycles. The first-order chi connectivity index (χ1) is 22.0. The quantitative estimate of drug-likeness (QED) is 0.115. The molecule has 2 aromatic heterocycles. The molecule has 13 heteroatoms. The summed E-state index contributed by atoms with van der Waals surface area (Å²) in [7, 11) is 2.98. The number of carbonyl (C=O) groups is 1. The highest BCUT2D eigenvalue weighted by Gasteiger charge is 2.25. The summed E-state index contributed by atoms with van der Waals surface area (Å²) in [5.41, 5.74) is -0.549. The Kier molecular flexibility index (Phi) is 10.0. The van der Waals surface area contributed by atoms with Gasteiger partial charge < -0.3 is 14.8 Å². The van der Waals surface area contributed by atoms with Crippen molar-refractivity contribution < 1.29 is 18.7 Å². The van der Waals surface area contributed by atoms with Crippen LogP contribution >= 0.6 is 34.4 Å². The molecule has 2 heterocycles. The average Bonchev–Trinajstić information content (AvgIpc) is 3.04. The molecule has 5 rings (SSSR count). The van der Waals surface area contributed by atoms with Crippen molar-refractivity contribution in [2.75, 3.05) is 24.8 Å². The van der Waals surface area contributed by atoms with Gasteiger partial charge in [-0.3, -0.25) is 23.5 Å². The maximum Gasteiger partial charge on any atom is 0.337 e. The maximum atomic E-state index is 15.6. The van der Waals surface area contributed by atoms with E-state index in [-0.39, 0.29) is 52.8 Å². The lowest BCUT2D eigenvalue weighted by molar-refractivity contribution is -0.139. The minimum Gasteiger partial charge on any atom is -0.497 e. The van der Waals surface area contributed by atoms with Gasteiger partial charge in [-0.05, 0) is 90.5 Å². The van der Waals surface area contributed by atoms with Gasteiger partial charge in [-0.2, -0.15) is 0 Å². The zero-order valence-corrected chi connectivity index (χ0v) is 28.4. The highest BCUT2D eigenvalue weighted by atomic mass is 127. The van der Waals surface area contributed by atoms with Gasteiger partial charge in [-0.25, -0.2) is 13.8 Å². The Hall–Kier alpha value is -4.37. The number of hydrogen-bond acceptors (Lipinski definition) is 8. The van der Waals surface area contributed by atoms with E-state index < -0.39 is 22.6 Å². The van der Waals surface area contributed by atoms with Crippen LogP contribution in [0.3, 0.4) is 0 Å². The van der Waals surface area contributed by atoms with Crippen LogP contribution in [0, 0.1) is 16.3 Å². The van der Waals surface area contributed by atoms with E-state index in [4.69, 9.17) is 9.47 Å². The number of rotatable bonds is 10. The molecule has 0 spiro atoms. The molecule has 3 aromatic carbocycles. The number of nitrogens with one attached hydrogen (secondary N) is 1. The van der Waals surface area contributed by atoms with Gasteiger partial charge in [-0.1, -0.05) is 18.2 Å². The lowest BCUT2D eigenvalue weighted by atomic mass is 10.1. The topological polar surface area (TPSA) is 114 Å². The minimum atomic E-state index is -0.810. The summed E-state index contributed by atoms with van der Waals surface area (Å²) < 4.78 is 29.7. The summed E-state index contributed by atoms with van der Waals surface area (Å²) in [4.78, 5) is 54.8. The molecule has 0 fully saturated rings. The summed E-state index contributed by atoms with van der Waals surface area (Å²) in [6, 6.07) is 18.4. The molecule has 0 aliphatic heterocycles. The fraction of sp³-hybridized carbons (Fsp3) is 0.212. The van der Waals surface area contributed by atoms with Crippen LogP contribution in [0.4, 0.5) is 15.8 Å². The van der Waals surface area contributed by atoms with E-state index in [2.05, 4.69) is 5.32 Å². The number of hydrogen-bond donors (Lipinski definition) is 1. The Bertz CT molecular complexity index is 2140. The Morgan fingerprint density at radius 3 is 2.43 bits per heavy atom. The van der Waals surface area contributed by atoms with Crippen LogP contribution in [0.1, 0.15) is 18.1 Å². The van der Waals surface area contributed by atoms with Gasteiger partial charge in [0.05, 0.1) is 37.4 Å². The number of methoxy groups -OCH3 is 1. The number of thioether (sulfide) groups is 1. The van der Waals surface area contributed by atoms with E-state index in [0.717, 1.165) is 14.0 Å². The summed E-state index contributed by atoms with van der Waals surface area (Å²) in [6.07, 6.45) is 0. The van der Waals surface area contributed by atoms with Crippen molar-refractivity contribution in [2.45, 2.75) is 25.3 Å². The van der Waals surface area contributed by atoms with E-state index in [0.29, 0.717) is 20.6 Å². The number of esters is 1. The number of aromatic nitrogens is 3. The summed E-state index contributed by atoms with van der Waals surface area (Å²) >= 11 is 3.24. The van der Waals surface area contributed by atoms with Gasteiger partial charge in [0.2, 0.25) is 0 Å². The lowest BCUT2D eigenvalue weighted by Gasteiger charge is -2.21. The van der Waals surface area contributed by atoms with Gasteiger partial charge in [0.15, 0.2) is 0 Å². The number of fused-ring (bicyclic) bond motifs is 1. The fourth-order valence-corrected chi connectivity index (χ4v) is 6.27. The Labute approximate surface area is 280 Å². The van der Waals surface area contributed by atoms with Gasteiger partial charge >= 0.3 is 11.7 Å². The van der Waals surface area contributed by atoms with Crippen LogP contribution in [0.5, 0.6) is 5.75 Å². The van der Waals surface area contributed by atoms with E-state index in [1.54, 1.807) is 62.4 Å². The highest BCUT2D eigenvalue weighted by Crippen LogP contribution is 2.29. The Morgan fingerprint density at radius 2 is 1.76 bits per heavy atom. The second-order valence-corrected chi connectivity index (χ2v) is 12.6. The molecule has 46 heavy (non-hydrogen) atoms. The number of pyridine rings is 1. The van der Waals surface area contributed by atoms with Crippen LogP contribution < -0.4 is 26.9 Å².